The molecule has 0 aliphatic carbocycles. The fourth-order valence-electron chi connectivity index (χ4n) is 1.69. The van der Waals surface area contributed by atoms with Crippen molar-refractivity contribution in [2.24, 2.45) is 5.92 Å². The van der Waals surface area contributed by atoms with Crippen LogP contribution in [0.1, 0.15) is 37.8 Å². The first-order valence-electron chi connectivity index (χ1n) is 5.84. The maximum Gasteiger partial charge on any atom is 0.122 e. The zero-order chi connectivity index (χ0) is 11.3. The van der Waals surface area contributed by atoms with Crippen molar-refractivity contribution in [3.05, 3.63) is 29.3 Å². The van der Waals surface area contributed by atoms with Crippen molar-refractivity contribution < 1.29 is 4.74 Å². The topological polar surface area (TPSA) is 9.23 Å². The van der Waals surface area contributed by atoms with Gasteiger partial charge in [-0.1, -0.05) is 32.4 Å². The second-order valence-electron chi connectivity index (χ2n) is 4.40. The Morgan fingerprint density at radius 3 is 2.67 bits per heavy atom. The Morgan fingerprint density at radius 2 is 2.00 bits per heavy atom. The van der Waals surface area contributed by atoms with Crippen LogP contribution in [0.2, 0.25) is 0 Å². The van der Waals surface area contributed by atoms with Crippen LogP contribution >= 0.6 is 0 Å². The van der Waals surface area contributed by atoms with Crippen LogP contribution in [-0.2, 0) is 0 Å². The summed E-state index contributed by atoms with van der Waals surface area (Å²) in [4.78, 5) is 0. The van der Waals surface area contributed by atoms with Crippen LogP contribution < -0.4 is 4.74 Å². The largest absolute Gasteiger partial charge is 0.493 e. The quantitative estimate of drug-likeness (QED) is 0.704. The van der Waals surface area contributed by atoms with Gasteiger partial charge in [0.2, 0.25) is 0 Å². The van der Waals surface area contributed by atoms with E-state index in [0.29, 0.717) is 5.92 Å². The summed E-state index contributed by atoms with van der Waals surface area (Å²) in [5, 5.41) is 0. The Kier molecular flexibility index (Phi) is 4.67. The Labute approximate surface area is 93.5 Å². The van der Waals surface area contributed by atoms with Crippen LogP contribution in [0.3, 0.4) is 0 Å². The van der Waals surface area contributed by atoms with Crippen LogP contribution in [0.25, 0.3) is 0 Å². The van der Waals surface area contributed by atoms with Crippen LogP contribution in [0.5, 0.6) is 5.75 Å². The SMILES string of the molecule is CCCC(C)COc1cccc(C)c1C. The van der Waals surface area contributed by atoms with Gasteiger partial charge < -0.3 is 4.74 Å². The molecule has 1 heteroatoms. The summed E-state index contributed by atoms with van der Waals surface area (Å²) in [6, 6.07) is 6.24. The standard InChI is InChI=1S/C14H22O/c1-5-7-11(2)10-15-14-9-6-8-12(3)13(14)4/h6,8-9,11H,5,7,10H2,1-4H3. The predicted octanol–water partition coefficient (Wildman–Crippen LogP) is 4.12. The Balaban J connectivity index is 2.54. The lowest BCUT2D eigenvalue weighted by Crippen LogP contribution is -2.09. The van der Waals surface area contributed by atoms with Gasteiger partial charge in [-0.15, -0.1) is 0 Å². The van der Waals surface area contributed by atoms with E-state index in [4.69, 9.17) is 4.74 Å². The van der Waals surface area contributed by atoms with Crippen LogP contribution in [0.15, 0.2) is 18.2 Å². The molecular weight excluding hydrogens is 184 g/mol. The molecule has 0 spiro atoms. The van der Waals surface area contributed by atoms with Gasteiger partial charge in [-0.3, -0.25) is 0 Å². The van der Waals surface area contributed by atoms with Crippen molar-refractivity contribution in [2.45, 2.75) is 40.5 Å². The molecule has 1 aromatic carbocycles. The predicted molar refractivity (Wildman–Crippen MR) is 65.5 cm³/mol. The number of hydrogen-bond acceptors (Lipinski definition) is 1. The van der Waals surface area contributed by atoms with Crippen molar-refractivity contribution in [1.82, 2.24) is 0 Å². The Hall–Kier alpha value is -0.980. The van der Waals surface area contributed by atoms with Gasteiger partial charge >= 0.3 is 0 Å². The normalized spacial score (nSPS) is 12.5. The number of benzene rings is 1. The Bertz CT molecular complexity index is 304. The minimum absolute atomic E-state index is 0.648. The second-order valence-corrected chi connectivity index (χ2v) is 4.40. The lowest BCUT2D eigenvalue weighted by Gasteiger charge is -2.14. The van der Waals surface area contributed by atoms with Gasteiger partial charge in [0.1, 0.15) is 5.75 Å². The van der Waals surface area contributed by atoms with Gasteiger partial charge in [0.05, 0.1) is 6.61 Å². The molecule has 1 rings (SSSR count). The lowest BCUT2D eigenvalue weighted by atomic mass is 10.1. The summed E-state index contributed by atoms with van der Waals surface area (Å²) < 4.78 is 5.83. The average molecular weight is 206 g/mol. The molecular formula is C14H22O. The lowest BCUT2D eigenvalue weighted by molar-refractivity contribution is 0.250. The summed E-state index contributed by atoms with van der Waals surface area (Å²) >= 11 is 0. The van der Waals surface area contributed by atoms with E-state index >= 15 is 0 Å². The van der Waals surface area contributed by atoms with E-state index in [9.17, 15) is 0 Å². The van der Waals surface area contributed by atoms with E-state index in [-0.39, 0.29) is 0 Å². The van der Waals surface area contributed by atoms with Crippen molar-refractivity contribution >= 4 is 0 Å². The van der Waals surface area contributed by atoms with E-state index in [2.05, 4.69) is 45.9 Å². The fraction of sp³-hybridized carbons (Fsp3) is 0.571. The maximum absolute atomic E-state index is 5.83. The van der Waals surface area contributed by atoms with Crippen molar-refractivity contribution in [3.8, 4) is 5.75 Å². The number of ether oxygens (including phenoxy) is 1. The van der Waals surface area contributed by atoms with Crippen molar-refractivity contribution in [3.63, 3.8) is 0 Å². The molecule has 15 heavy (non-hydrogen) atoms. The van der Waals surface area contributed by atoms with Gasteiger partial charge in [-0.05, 0) is 43.4 Å². The molecule has 0 radical (unpaired) electrons. The van der Waals surface area contributed by atoms with Gasteiger partial charge in [0.15, 0.2) is 0 Å². The minimum atomic E-state index is 0.648. The highest BCUT2D eigenvalue weighted by molar-refractivity contribution is 5.38. The first kappa shape index (κ1) is 12.1. The molecule has 0 fully saturated rings. The van der Waals surface area contributed by atoms with Crippen LogP contribution in [-0.4, -0.2) is 6.61 Å². The molecule has 1 unspecified atom stereocenters. The third-order valence-corrected chi connectivity index (χ3v) is 2.86. The van der Waals surface area contributed by atoms with E-state index in [1.807, 2.05) is 0 Å². The first-order chi connectivity index (χ1) is 7.15. The maximum atomic E-state index is 5.83. The number of rotatable bonds is 5. The monoisotopic (exact) mass is 206 g/mol. The molecule has 0 aliphatic rings. The molecule has 1 aromatic rings. The van der Waals surface area contributed by atoms with E-state index in [1.54, 1.807) is 0 Å². The molecule has 0 saturated heterocycles. The van der Waals surface area contributed by atoms with E-state index in [1.165, 1.54) is 24.0 Å². The van der Waals surface area contributed by atoms with Gasteiger partial charge in [-0.2, -0.15) is 0 Å². The van der Waals surface area contributed by atoms with Crippen molar-refractivity contribution in [2.75, 3.05) is 6.61 Å². The molecule has 84 valence electrons. The summed E-state index contributed by atoms with van der Waals surface area (Å²) in [5.74, 6) is 1.69. The molecule has 0 amide bonds. The molecule has 1 atom stereocenters. The zero-order valence-electron chi connectivity index (χ0n) is 10.3. The van der Waals surface area contributed by atoms with Gasteiger partial charge in [0, 0.05) is 0 Å². The highest BCUT2D eigenvalue weighted by Gasteiger charge is 2.04. The average Bonchev–Trinajstić information content (AvgIpc) is 2.21. The second kappa shape index (κ2) is 5.79. The zero-order valence-corrected chi connectivity index (χ0v) is 10.3. The van der Waals surface area contributed by atoms with Crippen LogP contribution in [0, 0.1) is 19.8 Å². The first-order valence-corrected chi connectivity index (χ1v) is 5.84. The summed E-state index contributed by atoms with van der Waals surface area (Å²) in [7, 11) is 0. The third kappa shape index (κ3) is 3.58. The molecule has 1 nitrogen and oxygen atoms in total. The Morgan fingerprint density at radius 1 is 1.27 bits per heavy atom. The number of aryl methyl sites for hydroxylation is 1. The van der Waals surface area contributed by atoms with E-state index < -0.39 is 0 Å². The van der Waals surface area contributed by atoms with Gasteiger partial charge in [-0.25, -0.2) is 0 Å². The van der Waals surface area contributed by atoms with Gasteiger partial charge in [0.25, 0.3) is 0 Å². The highest BCUT2D eigenvalue weighted by atomic mass is 16.5. The molecule has 0 aromatic heterocycles. The summed E-state index contributed by atoms with van der Waals surface area (Å²) in [6.45, 7) is 9.54. The molecule has 0 saturated carbocycles. The number of hydrogen-bond donors (Lipinski definition) is 0. The highest BCUT2D eigenvalue weighted by Crippen LogP contribution is 2.21. The third-order valence-electron chi connectivity index (χ3n) is 2.86. The molecule has 0 heterocycles. The summed E-state index contributed by atoms with van der Waals surface area (Å²) in [5.41, 5.74) is 2.57. The molecule has 0 N–H and O–H groups in total. The minimum Gasteiger partial charge on any atom is -0.493 e. The summed E-state index contributed by atoms with van der Waals surface area (Å²) in [6.07, 6.45) is 2.47. The van der Waals surface area contributed by atoms with Crippen molar-refractivity contribution in [1.29, 1.82) is 0 Å². The van der Waals surface area contributed by atoms with Crippen LogP contribution in [0.4, 0.5) is 0 Å². The smallest absolute Gasteiger partial charge is 0.122 e. The molecule has 0 bridgehead atoms. The molecule has 0 aliphatic heterocycles. The van der Waals surface area contributed by atoms with E-state index in [0.717, 1.165) is 12.4 Å². The fourth-order valence-corrected chi connectivity index (χ4v) is 1.69.